The van der Waals surface area contributed by atoms with E-state index < -0.39 is 0 Å². The van der Waals surface area contributed by atoms with Crippen LogP contribution in [0, 0.1) is 6.92 Å². The number of carbonyl (C=O) groups excluding carboxylic acids is 1. The maximum Gasteiger partial charge on any atom is 0.283 e. The van der Waals surface area contributed by atoms with Gasteiger partial charge in [0.25, 0.3) is 5.91 Å². The number of ether oxygens (including phenoxy) is 1. The second kappa shape index (κ2) is 9.08. The summed E-state index contributed by atoms with van der Waals surface area (Å²) in [7, 11) is 1.56. The number of amides is 1. The van der Waals surface area contributed by atoms with Crippen LogP contribution in [0.25, 0.3) is 6.08 Å². The fraction of sp³-hybridized carbons (Fsp3) is 0.130. The first-order valence-electron chi connectivity index (χ1n) is 9.25. The Labute approximate surface area is 188 Å². The Morgan fingerprint density at radius 3 is 2.67 bits per heavy atom. The van der Waals surface area contributed by atoms with Gasteiger partial charge in [-0.05, 0) is 48.2 Å². The van der Waals surface area contributed by atoms with E-state index in [1.54, 1.807) is 35.5 Å². The molecule has 2 heterocycles. The van der Waals surface area contributed by atoms with Gasteiger partial charge in [-0.1, -0.05) is 59.3 Å². The molecule has 0 bridgehead atoms. The van der Waals surface area contributed by atoms with E-state index in [2.05, 4.69) is 36.2 Å². The topological polar surface area (TPSA) is 41.9 Å². The molecule has 7 heteroatoms. The van der Waals surface area contributed by atoms with Gasteiger partial charge in [0, 0.05) is 10.6 Å². The highest BCUT2D eigenvalue weighted by molar-refractivity contribution is 8.13. The van der Waals surface area contributed by atoms with E-state index in [0.717, 1.165) is 4.88 Å². The molecule has 0 spiro atoms. The zero-order valence-corrected chi connectivity index (χ0v) is 18.9. The molecule has 0 radical (unpaired) electrons. The molecule has 0 saturated carbocycles. The van der Waals surface area contributed by atoms with E-state index in [0.29, 0.717) is 33.1 Å². The summed E-state index contributed by atoms with van der Waals surface area (Å²) < 4.78 is 5.24. The number of hydrogen-bond acceptors (Lipinski definition) is 5. The molecular formula is C23H19ClN2O2S2. The van der Waals surface area contributed by atoms with Gasteiger partial charge in [0.15, 0.2) is 5.17 Å². The second-order valence-corrected chi connectivity index (χ2v) is 9.00. The van der Waals surface area contributed by atoms with Crippen molar-refractivity contribution in [2.24, 2.45) is 4.99 Å². The van der Waals surface area contributed by atoms with Gasteiger partial charge in [0.05, 0.1) is 17.8 Å². The third-order valence-corrected chi connectivity index (χ3v) is 6.66. The molecule has 0 fully saturated rings. The van der Waals surface area contributed by atoms with Gasteiger partial charge in [-0.15, -0.1) is 11.3 Å². The predicted octanol–water partition coefficient (Wildman–Crippen LogP) is 6.40. The fourth-order valence-electron chi connectivity index (χ4n) is 2.96. The Morgan fingerprint density at radius 2 is 2.00 bits per heavy atom. The first kappa shape index (κ1) is 20.7. The number of thiophene rings is 1. The first-order chi connectivity index (χ1) is 14.5. The van der Waals surface area contributed by atoms with Crippen LogP contribution < -0.4 is 9.64 Å². The van der Waals surface area contributed by atoms with E-state index in [-0.39, 0.29) is 5.91 Å². The summed E-state index contributed by atoms with van der Waals surface area (Å²) in [6.07, 6.45) is 1.82. The van der Waals surface area contributed by atoms with Crippen molar-refractivity contribution >= 4 is 57.5 Å². The minimum atomic E-state index is -0.170. The normalized spacial score (nSPS) is 15.0. The molecule has 4 rings (SSSR count). The SMILES string of the molecule is COc1ccc(N2C(=O)/C(=C/c3cccs3)N=C2SCc2ccc(C)cc2)cc1Cl. The summed E-state index contributed by atoms with van der Waals surface area (Å²) >= 11 is 9.41. The molecule has 0 N–H and O–H groups in total. The Kier molecular flexibility index (Phi) is 6.27. The highest BCUT2D eigenvalue weighted by Crippen LogP contribution is 2.35. The number of anilines is 1. The number of benzene rings is 2. The lowest BCUT2D eigenvalue weighted by Gasteiger charge is -2.18. The van der Waals surface area contributed by atoms with E-state index in [9.17, 15) is 4.79 Å². The molecule has 1 aliphatic rings. The summed E-state index contributed by atoms with van der Waals surface area (Å²) in [5, 5.41) is 3.05. The summed E-state index contributed by atoms with van der Waals surface area (Å²) in [4.78, 5) is 20.5. The van der Waals surface area contributed by atoms with E-state index in [1.165, 1.54) is 22.9 Å². The van der Waals surface area contributed by atoms with Crippen molar-refractivity contribution in [3.63, 3.8) is 0 Å². The van der Waals surface area contributed by atoms with Crippen LogP contribution in [-0.4, -0.2) is 18.2 Å². The molecule has 30 heavy (non-hydrogen) atoms. The number of hydrogen-bond donors (Lipinski definition) is 0. The third kappa shape index (κ3) is 4.46. The molecule has 0 atom stereocenters. The number of aryl methyl sites for hydroxylation is 1. The average Bonchev–Trinajstić information content (AvgIpc) is 3.36. The number of amidine groups is 1. The van der Waals surface area contributed by atoms with Gasteiger partial charge >= 0.3 is 0 Å². The van der Waals surface area contributed by atoms with Crippen molar-refractivity contribution in [1.29, 1.82) is 0 Å². The van der Waals surface area contributed by atoms with Crippen molar-refractivity contribution in [3.8, 4) is 5.75 Å². The monoisotopic (exact) mass is 454 g/mol. The molecule has 1 aliphatic heterocycles. The summed E-state index contributed by atoms with van der Waals surface area (Å²) in [6.45, 7) is 2.06. The van der Waals surface area contributed by atoms with Gasteiger partial charge in [0.2, 0.25) is 0 Å². The van der Waals surface area contributed by atoms with Crippen LogP contribution in [0.5, 0.6) is 5.75 Å². The zero-order chi connectivity index (χ0) is 21.1. The first-order valence-corrected chi connectivity index (χ1v) is 11.5. The highest BCUT2D eigenvalue weighted by Gasteiger charge is 2.32. The third-order valence-electron chi connectivity index (χ3n) is 4.53. The number of thioether (sulfide) groups is 1. The van der Waals surface area contributed by atoms with Crippen molar-refractivity contribution in [2.75, 3.05) is 12.0 Å². The van der Waals surface area contributed by atoms with E-state index >= 15 is 0 Å². The van der Waals surface area contributed by atoms with Crippen LogP contribution in [0.2, 0.25) is 5.02 Å². The predicted molar refractivity (Wildman–Crippen MR) is 128 cm³/mol. The standard InChI is InChI=1S/C23H19ClN2O2S2/c1-15-5-7-16(8-6-15)14-30-23-25-20(13-18-4-3-11-29-18)22(27)26(23)17-9-10-21(28-2)19(24)12-17/h3-13H,14H2,1-2H3/b20-13-. The zero-order valence-electron chi connectivity index (χ0n) is 16.5. The van der Waals surface area contributed by atoms with Crippen molar-refractivity contribution in [2.45, 2.75) is 12.7 Å². The molecule has 1 amide bonds. The number of aliphatic imine (C=N–C) groups is 1. The fourth-order valence-corrected chi connectivity index (χ4v) is 4.83. The molecular weight excluding hydrogens is 436 g/mol. The summed E-state index contributed by atoms with van der Waals surface area (Å²) in [6, 6.07) is 17.6. The van der Waals surface area contributed by atoms with Crippen molar-refractivity contribution < 1.29 is 9.53 Å². The maximum absolute atomic E-state index is 13.2. The van der Waals surface area contributed by atoms with Gasteiger partial charge in [-0.3, -0.25) is 9.69 Å². The van der Waals surface area contributed by atoms with E-state index in [4.69, 9.17) is 16.3 Å². The van der Waals surface area contributed by atoms with Crippen molar-refractivity contribution in [1.82, 2.24) is 0 Å². The number of rotatable bonds is 5. The minimum Gasteiger partial charge on any atom is -0.495 e. The molecule has 0 aliphatic carbocycles. The molecule has 0 saturated heterocycles. The summed E-state index contributed by atoms with van der Waals surface area (Å²) in [5.74, 6) is 1.10. The number of carbonyl (C=O) groups is 1. The Morgan fingerprint density at radius 1 is 1.20 bits per heavy atom. The lowest BCUT2D eigenvalue weighted by atomic mass is 10.2. The molecule has 3 aromatic rings. The number of halogens is 1. The number of nitrogens with zero attached hydrogens (tertiary/aromatic N) is 2. The Balaban J connectivity index is 1.66. The maximum atomic E-state index is 13.2. The second-order valence-electron chi connectivity index (χ2n) is 6.67. The average molecular weight is 455 g/mol. The van der Waals surface area contributed by atoms with Gasteiger partial charge in [0.1, 0.15) is 11.4 Å². The summed E-state index contributed by atoms with van der Waals surface area (Å²) in [5.41, 5.74) is 3.46. The lowest BCUT2D eigenvalue weighted by molar-refractivity contribution is -0.113. The van der Waals surface area contributed by atoms with Crippen LogP contribution in [0.4, 0.5) is 5.69 Å². The molecule has 0 unspecified atom stereocenters. The van der Waals surface area contributed by atoms with Crippen LogP contribution in [0.3, 0.4) is 0 Å². The van der Waals surface area contributed by atoms with Crippen LogP contribution in [0.15, 0.2) is 70.7 Å². The molecule has 1 aromatic heterocycles. The number of methoxy groups -OCH3 is 1. The van der Waals surface area contributed by atoms with Crippen LogP contribution in [-0.2, 0) is 10.5 Å². The lowest BCUT2D eigenvalue weighted by Crippen LogP contribution is -2.30. The van der Waals surface area contributed by atoms with Crippen molar-refractivity contribution in [3.05, 3.63) is 86.7 Å². The van der Waals surface area contributed by atoms with Gasteiger partial charge < -0.3 is 4.74 Å². The molecule has 4 nitrogen and oxygen atoms in total. The quantitative estimate of drug-likeness (QED) is 0.419. The Bertz CT molecular complexity index is 1120. The highest BCUT2D eigenvalue weighted by atomic mass is 35.5. The Hall–Kier alpha value is -2.54. The van der Waals surface area contributed by atoms with Crippen LogP contribution >= 0.6 is 34.7 Å². The molecule has 152 valence electrons. The van der Waals surface area contributed by atoms with Gasteiger partial charge in [-0.2, -0.15) is 0 Å². The smallest absolute Gasteiger partial charge is 0.283 e. The van der Waals surface area contributed by atoms with Crippen LogP contribution in [0.1, 0.15) is 16.0 Å². The molecule has 2 aromatic carbocycles. The van der Waals surface area contributed by atoms with E-state index in [1.807, 2.05) is 29.7 Å². The largest absolute Gasteiger partial charge is 0.495 e. The minimum absolute atomic E-state index is 0.170. The van der Waals surface area contributed by atoms with Gasteiger partial charge in [-0.25, -0.2) is 4.99 Å².